The van der Waals surface area contributed by atoms with Gasteiger partial charge in [-0.1, -0.05) is 23.2 Å². The molecule has 1 saturated heterocycles. The molecule has 0 radical (unpaired) electrons. The fourth-order valence-corrected chi connectivity index (χ4v) is 3.02. The highest BCUT2D eigenvalue weighted by Crippen LogP contribution is 2.42. The van der Waals surface area contributed by atoms with E-state index in [1.807, 2.05) is 0 Å². The van der Waals surface area contributed by atoms with Crippen molar-refractivity contribution in [3.05, 3.63) is 27.7 Å². The van der Waals surface area contributed by atoms with Crippen molar-refractivity contribution < 1.29 is 9.59 Å². The molecular formula is C11H9Cl2N3O2. The lowest BCUT2D eigenvalue weighted by molar-refractivity contribution is -0.124. The zero-order valence-electron chi connectivity index (χ0n) is 9.14. The van der Waals surface area contributed by atoms with Gasteiger partial charge in [-0.05, 0) is 12.1 Å². The second-order valence-corrected chi connectivity index (χ2v) is 5.14. The Balaban J connectivity index is 2.23. The first kappa shape index (κ1) is 11.6. The number of hydrogen-bond acceptors (Lipinski definition) is 3. The second-order valence-electron chi connectivity index (χ2n) is 4.30. The van der Waals surface area contributed by atoms with E-state index in [0.29, 0.717) is 34.3 Å². The SMILES string of the molecule is O=C1NC(=O)C2(CCNc3c(Cl)cc(Cl)cc32)N1. The van der Waals surface area contributed by atoms with Crippen molar-refractivity contribution >= 4 is 40.8 Å². The summed E-state index contributed by atoms with van der Waals surface area (Å²) < 4.78 is 0. The maximum atomic E-state index is 12.0. The number of hydrogen-bond donors (Lipinski definition) is 3. The minimum atomic E-state index is -1.06. The van der Waals surface area contributed by atoms with E-state index in [1.54, 1.807) is 12.1 Å². The first-order chi connectivity index (χ1) is 8.53. The smallest absolute Gasteiger partial charge is 0.322 e. The van der Waals surface area contributed by atoms with Gasteiger partial charge in [0, 0.05) is 23.6 Å². The van der Waals surface area contributed by atoms with E-state index in [2.05, 4.69) is 16.0 Å². The van der Waals surface area contributed by atoms with Crippen molar-refractivity contribution in [2.45, 2.75) is 12.0 Å². The average Bonchev–Trinajstić information content (AvgIpc) is 2.56. The van der Waals surface area contributed by atoms with E-state index < -0.39 is 11.6 Å². The van der Waals surface area contributed by atoms with Gasteiger partial charge >= 0.3 is 6.03 Å². The number of imide groups is 1. The predicted octanol–water partition coefficient (Wildman–Crippen LogP) is 1.84. The molecule has 5 nitrogen and oxygen atoms in total. The minimum absolute atomic E-state index is 0.367. The van der Waals surface area contributed by atoms with Crippen LogP contribution in [0.3, 0.4) is 0 Å². The Hall–Kier alpha value is -1.46. The number of rotatable bonds is 0. The number of fused-ring (bicyclic) bond motifs is 2. The maximum absolute atomic E-state index is 12.0. The Bertz CT molecular complexity index is 576. The van der Waals surface area contributed by atoms with E-state index in [4.69, 9.17) is 23.2 Å². The first-order valence-corrected chi connectivity index (χ1v) is 6.15. The third kappa shape index (κ3) is 1.47. The molecule has 7 heteroatoms. The average molecular weight is 286 g/mol. The summed E-state index contributed by atoms with van der Waals surface area (Å²) in [4.78, 5) is 23.4. The molecule has 18 heavy (non-hydrogen) atoms. The van der Waals surface area contributed by atoms with Gasteiger partial charge in [0.25, 0.3) is 5.91 Å². The fraction of sp³-hybridized carbons (Fsp3) is 0.273. The number of urea groups is 1. The molecule has 2 aliphatic heterocycles. The van der Waals surface area contributed by atoms with Crippen molar-refractivity contribution in [3.8, 4) is 0 Å². The van der Waals surface area contributed by atoms with Gasteiger partial charge in [-0.2, -0.15) is 0 Å². The van der Waals surface area contributed by atoms with E-state index in [0.717, 1.165) is 0 Å². The Morgan fingerprint density at radius 1 is 1.22 bits per heavy atom. The monoisotopic (exact) mass is 285 g/mol. The molecule has 94 valence electrons. The Morgan fingerprint density at radius 2 is 2.00 bits per heavy atom. The van der Waals surface area contributed by atoms with Crippen LogP contribution in [-0.4, -0.2) is 18.5 Å². The van der Waals surface area contributed by atoms with Crippen LogP contribution < -0.4 is 16.0 Å². The molecule has 0 aliphatic carbocycles. The van der Waals surface area contributed by atoms with Crippen molar-refractivity contribution in [2.24, 2.45) is 0 Å². The first-order valence-electron chi connectivity index (χ1n) is 5.40. The number of nitrogens with one attached hydrogen (secondary N) is 3. The van der Waals surface area contributed by atoms with Crippen LogP contribution in [0.15, 0.2) is 12.1 Å². The number of anilines is 1. The van der Waals surface area contributed by atoms with Gasteiger partial charge in [0.1, 0.15) is 5.54 Å². The highest BCUT2D eigenvalue weighted by atomic mass is 35.5. The zero-order valence-corrected chi connectivity index (χ0v) is 10.7. The summed E-state index contributed by atoms with van der Waals surface area (Å²) in [6.45, 7) is 0.544. The third-order valence-electron chi connectivity index (χ3n) is 3.26. The number of benzene rings is 1. The molecule has 1 aromatic rings. The zero-order chi connectivity index (χ0) is 12.9. The summed E-state index contributed by atoms with van der Waals surface area (Å²) >= 11 is 12.1. The molecular weight excluding hydrogens is 277 g/mol. The quantitative estimate of drug-likeness (QED) is 0.637. The van der Waals surface area contributed by atoms with Crippen LogP contribution in [0.2, 0.25) is 10.0 Å². The van der Waals surface area contributed by atoms with Crippen LogP contribution in [0.25, 0.3) is 0 Å². The molecule has 3 rings (SSSR count). The van der Waals surface area contributed by atoms with E-state index in [-0.39, 0.29) is 5.91 Å². The van der Waals surface area contributed by atoms with Gasteiger partial charge in [0.2, 0.25) is 0 Å². The summed E-state index contributed by atoms with van der Waals surface area (Å²) in [5, 5.41) is 8.91. The highest BCUT2D eigenvalue weighted by Gasteiger charge is 2.50. The van der Waals surface area contributed by atoms with Crippen molar-refractivity contribution in [1.82, 2.24) is 10.6 Å². The van der Waals surface area contributed by atoms with Gasteiger partial charge in [-0.25, -0.2) is 4.79 Å². The summed E-state index contributed by atoms with van der Waals surface area (Å²) in [5.41, 5.74) is 0.186. The van der Waals surface area contributed by atoms with Crippen LogP contribution in [0.4, 0.5) is 10.5 Å². The van der Waals surface area contributed by atoms with Crippen molar-refractivity contribution in [1.29, 1.82) is 0 Å². The van der Waals surface area contributed by atoms with Gasteiger partial charge in [-0.15, -0.1) is 0 Å². The molecule has 0 saturated carbocycles. The molecule has 2 heterocycles. The van der Waals surface area contributed by atoms with Gasteiger partial charge in [0.15, 0.2) is 0 Å². The van der Waals surface area contributed by atoms with E-state index >= 15 is 0 Å². The normalized spacial score (nSPS) is 25.4. The lowest BCUT2D eigenvalue weighted by Crippen LogP contribution is -2.48. The number of amides is 3. The second kappa shape index (κ2) is 3.76. The summed E-state index contributed by atoms with van der Waals surface area (Å²) in [6.07, 6.45) is 0.453. The lowest BCUT2D eigenvalue weighted by Gasteiger charge is -2.34. The molecule has 2 aliphatic rings. The van der Waals surface area contributed by atoms with Gasteiger partial charge in [0.05, 0.1) is 10.7 Å². The molecule has 3 amide bonds. The number of carbonyl (C=O) groups is 2. The van der Waals surface area contributed by atoms with Crippen LogP contribution in [-0.2, 0) is 10.3 Å². The summed E-state index contributed by atoms with van der Waals surface area (Å²) in [5.74, 6) is -0.367. The largest absolute Gasteiger partial charge is 0.383 e. The predicted molar refractivity (Wildman–Crippen MR) is 67.9 cm³/mol. The molecule has 1 unspecified atom stereocenters. The van der Waals surface area contributed by atoms with Crippen LogP contribution in [0.1, 0.15) is 12.0 Å². The van der Waals surface area contributed by atoms with Crippen molar-refractivity contribution in [3.63, 3.8) is 0 Å². The summed E-state index contributed by atoms with van der Waals surface area (Å²) in [6, 6.07) is 2.76. The Morgan fingerprint density at radius 3 is 2.67 bits per heavy atom. The molecule has 1 aromatic carbocycles. The Kier molecular flexibility index (Phi) is 2.43. The van der Waals surface area contributed by atoms with Crippen LogP contribution >= 0.6 is 23.2 Å². The molecule has 3 N–H and O–H groups in total. The molecule has 1 atom stereocenters. The minimum Gasteiger partial charge on any atom is -0.383 e. The van der Waals surface area contributed by atoms with Gasteiger partial charge in [-0.3, -0.25) is 10.1 Å². The highest BCUT2D eigenvalue weighted by molar-refractivity contribution is 6.37. The number of carbonyl (C=O) groups excluding carboxylic acids is 2. The standard InChI is InChI=1S/C11H9Cl2N3O2/c12-5-3-6-8(7(13)4-5)14-2-1-11(6)9(17)15-10(18)16-11/h3-4,14H,1-2H2,(H2,15,16,17,18). The fourth-order valence-electron chi connectivity index (χ4n) is 2.46. The lowest BCUT2D eigenvalue weighted by atomic mass is 9.83. The Labute approximate surface area is 113 Å². The van der Waals surface area contributed by atoms with Crippen LogP contribution in [0, 0.1) is 0 Å². The van der Waals surface area contributed by atoms with E-state index in [9.17, 15) is 9.59 Å². The summed E-state index contributed by atoms with van der Waals surface area (Å²) in [7, 11) is 0. The van der Waals surface area contributed by atoms with Gasteiger partial charge < -0.3 is 10.6 Å². The maximum Gasteiger partial charge on any atom is 0.322 e. The number of halogens is 2. The van der Waals surface area contributed by atoms with Crippen LogP contribution in [0.5, 0.6) is 0 Å². The molecule has 0 bridgehead atoms. The molecule has 1 fully saturated rings. The molecule has 1 spiro atoms. The molecule has 0 aromatic heterocycles. The van der Waals surface area contributed by atoms with E-state index in [1.165, 1.54) is 0 Å². The topological polar surface area (TPSA) is 70.2 Å². The third-order valence-corrected chi connectivity index (χ3v) is 3.77. The van der Waals surface area contributed by atoms with Crippen molar-refractivity contribution in [2.75, 3.05) is 11.9 Å².